The van der Waals surface area contributed by atoms with Crippen LogP contribution in [0.25, 0.3) is 0 Å². The Hall–Kier alpha value is -3.06. The molecule has 1 N–H and O–H groups in total. The molecule has 0 radical (unpaired) electrons. The summed E-state index contributed by atoms with van der Waals surface area (Å²) < 4.78 is 11.6. The lowest BCUT2D eigenvalue weighted by molar-refractivity contribution is -0.122. The average molecular weight is 407 g/mol. The maximum atomic E-state index is 13.2. The molecular formula is C23H25N3O4. The lowest BCUT2D eigenvalue weighted by Gasteiger charge is -2.32. The molecule has 0 aromatic heterocycles. The molecule has 30 heavy (non-hydrogen) atoms. The maximum Gasteiger partial charge on any atom is 0.244 e. The average Bonchev–Trinajstić information content (AvgIpc) is 3.08. The molecule has 1 atom stereocenters. The van der Waals surface area contributed by atoms with Crippen LogP contribution in [0, 0.1) is 0 Å². The highest BCUT2D eigenvalue weighted by Gasteiger charge is 2.32. The molecule has 2 amide bonds. The predicted molar refractivity (Wildman–Crippen MR) is 113 cm³/mol. The summed E-state index contributed by atoms with van der Waals surface area (Å²) in [6.07, 6.45) is 2.90. The quantitative estimate of drug-likeness (QED) is 0.847. The number of para-hydroxylation sites is 2. The second-order valence-electron chi connectivity index (χ2n) is 7.93. The zero-order valence-corrected chi connectivity index (χ0v) is 16.8. The number of benzene rings is 2. The Morgan fingerprint density at radius 1 is 1.07 bits per heavy atom. The first kappa shape index (κ1) is 18.9. The van der Waals surface area contributed by atoms with E-state index in [9.17, 15) is 9.59 Å². The lowest BCUT2D eigenvalue weighted by Crippen LogP contribution is -2.46. The lowest BCUT2D eigenvalue weighted by atomic mass is 10.0. The maximum absolute atomic E-state index is 13.2. The summed E-state index contributed by atoms with van der Waals surface area (Å²) in [5, 5.41) is 2.83. The van der Waals surface area contributed by atoms with Crippen LogP contribution in [0.15, 0.2) is 42.5 Å². The molecule has 3 heterocycles. The van der Waals surface area contributed by atoms with Gasteiger partial charge in [-0.25, -0.2) is 0 Å². The normalized spacial score (nSPS) is 21.0. The van der Waals surface area contributed by atoms with E-state index in [4.69, 9.17) is 9.47 Å². The summed E-state index contributed by atoms with van der Waals surface area (Å²) in [4.78, 5) is 29.1. The van der Waals surface area contributed by atoms with Gasteiger partial charge in [-0.2, -0.15) is 0 Å². The van der Waals surface area contributed by atoms with Crippen molar-refractivity contribution < 1.29 is 19.1 Å². The van der Waals surface area contributed by atoms with Crippen molar-refractivity contribution in [2.75, 3.05) is 43.1 Å². The van der Waals surface area contributed by atoms with Gasteiger partial charge in [-0.15, -0.1) is 0 Å². The molecule has 0 spiro atoms. The molecule has 1 unspecified atom stereocenters. The van der Waals surface area contributed by atoms with Crippen molar-refractivity contribution in [3.05, 3.63) is 48.0 Å². The Balaban J connectivity index is 1.35. The fourth-order valence-electron chi connectivity index (χ4n) is 4.49. The second-order valence-corrected chi connectivity index (χ2v) is 7.93. The second kappa shape index (κ2) is 7.99. The van der Waals surface area contributed by atoms with Gasteiger partial charge < -0.3 is 14.8 Å². The van der Waals surface area contributed by atoms with E-state index in [0.717, 1.165) is 48.6 Å². The fraction of sp³-hybridized carbons (Fsp3) is 0.391. The summed E-state index contributed by atoms with van der Waals surface area (Å²) in [6, 6.07) is 13.7. The summed E-state index contributed by atoms with van der Waals surface area (Å²) in [6.45, 7) is 2.51. The number of fused-ring (bicyclic) bond motifs is 2. The van der Waals surface area contributed by atoms with Gasteiger partial charge in [0.15, 0.2) is 11.5 Å². The third-order valence-corrected chi connectivity index (χ3v) is 5.93. The molecule has 0 bridgehead atoms. The number of ether oxygens (including phenoxy) is 2. The Labute approximate surface area is 175 Å². The summed E-state index contributed by atoms with van der Waals surface area (Å²) in [7, 11) is 0. The predicted octanol–water partition coefficient (Wildman–Crippen LogP) is 2.97. The molecule has 156 valence electrons. The van der Waals surface area contributed by atoms with E-state index in [1.807, 2.05) is 30.3 Å². The molecular weight excluding hydrogens is 382 g/mol. The number of nitrogens with one attached hydrogen (secondary N) is 1. The Kier molecular flexibility index (Phi) is 5.04. The number of carbonyl (C=O) groups is 2. The largest absolute Gasteiger partial charge is 0.490 e. The van der Waals surface area contributed by atoms with Gasteiger partial charge >= 0.3 is 0 Å². The van der Waals surface area contributed by atoms with Crippen molar-refractivity contribution in [1.82, 2.24) is 4.90 Å². The number of anilines is 2. The number of rotatable bonds is 3. The third kappa shape index (κ3) is 3.61. The van der Waals surface area contributed by atoms with Crippen molar-refractivity contribution in [2.45, 2.75) is 25.3 Å². The zero-order chi connectivity index (χ0) is 20.5. The van der Waals surface area contributed by atoms with Crippen LogP contribution >= 0.6 is 0 Å². The first-order valence-electron chi connectivity index (χ1n) is 10.5. The van der Waals surface area contributed by atoms with Crippen LogP contribution < -0.4 is 19.7 Å². The number of carbonyl (C=O) groups excluding carboxylic acids is 2. The van der Waals surface area contributed by atoms with Crippen molar-refractivity contribution in [1.29, 1.82) is 0 Å². The van der Waals surface area contributed by atoms with E-state index in [2.05, 4.69) is 22.3 Å². The summed E-state index contributed by atoms with van der Waals surface area (Å²) in [5.74, 6) is 1.35. The van der Waals surface area contributed by atoms with Crippen molar-refractivity contribution in [2.24, 2.45) is 0 Å². The van der Waals surface area contributed by atoms with Gasteiger partial charge in [0, 0.05) is 12.5 Å². The summed E-state index contributed by atoms with van der Waals surface area (Å²) >= 11 is 0. The van der Waals surface area contributed by atoms with E-state index in [1.165, 1.54) is 0 Å². The van der Waals surface area contributed by atoms with Gasteiger partial charge in [0.2, 0.25) is 11.8 Å². The van der Waals surface area contributed by atoms with Crippen LogP contribution in [0.3, 0.4) is 0 Å². The molecule has 3 aliphatic heterocycles. The van der Waals surface area contributed by atoms with Crippen molar-refractivity contribution in [3.8, 4) is 11.5 Å². The number of amides is 2. The van der Waals surface area contributed by atoms with Gasteiger partial charge in [-0.05, 0) is 49.2 Å². The van der Waals surface area contributed by atoms with E-state index < -0.39 is 0 Å². The first-order chi connectivity index (χ1) is 14.7. The summed E-state index contributed by atoms with van der Waals surface area (Å²) in [5.41, 5.74) is 2.58. The highest BCUT2D eigenvalue weighted by atomic mass is 16.5. The van der Waals surface area contributed by atoms with Gasteiger partial charge in [-0.3, -0.25) is 19.4 Å². The standard InChI is InChI=1S/C23H25N3O4/c27-22-14-26(19-6-2-1-5-17(19)24-22)23(28)15-25-10-3-7-18(25)16-8-9-20-21(13-16)30-12-4-11-29-20/h1-2,5-6,8-9,13,18H,3-4,7,10-12,14-15H2,(H,24,27). The van der Waals surface area contributed by atoms with Crippen molar-refractivity contribution in [3.63, 3.8) is 0 Å². The smallest absolute Gasteiger partial charge is 0.244 e. The van der Waals surface area contributed by atoms with Gasteiger partial charge in [0.05, 0.1) is 31.1 Å². The van der Waals surface area contributed by atoms with Crippen LogP contribution in [0.1, 0.15) is 30.9 Å². The number of likely N-dealkylation sites (tertiary alicyclic amines) is 1. The van der Waals surface area contributed by atoms with Crippen LogP contribution in [-0.4, -0.2) is 49.6 Å². The number of nitrogens with zero attached hydrogens (tertiary/aromatic N) is 2. The van der Waals surface area contributed by atoms with Gasteiger partial charge in [0.1, 0.15) is 6.54 Å². The van der Waals surface area contributed by atoms with Crippen molar-refractivity contribution >= 4 is 23.2 Å². The fourth-order valence-corrected chi connectivity index (χ4v) is 4.49. The van der Waals surface area contributed by atoms with Crippen LogP contribution in [0.2, 0.25) is 0 Å². The highest BCUT2D eigenvalue weighted by Crippen LogP contribution is 2.38. The molecule has 7 nitrogen and oxygen atoms in total. The molecule has 1 saturated heterocycles. The Morgan fingerprint density at radius 2 is 1.90 bits per heavy atom. The molecule has 0 saturated carbocycles. The molecule has 2 aromatic carbocycles. The Bertz CT molecular complexity index is 977. The van der Waals surface area contributed by atoms with E-state index in [-0.39, 0.29) is 30.9 Å². The molecule has 5 rings (SSSR count). The van der Waals surface area contributed by atoms with Crippen LogP contribution in [0.4, 0.5) is 11.4 Å². The highest BCUT2D eigenvalue weighted by molar-refractivity contribution is 6.10. The molecule has 3 aliphatic rings. The van der Waals surface area contributed by atoms with Gasteiger partial charge in [0.25, 0.3) is 0 Å². The number of hydrogen-bond donors (Lipinski definition) is 1. The van der Waals surface area contributed by atoms with Gasteiger partial charge in [-0.1, -0.05) is 18.2 Å². The minimum absolute atomic E-state index is 0.0539. The topological polar surface area (TPSA) is 71.1 Å². The monoisotopic (exact) mass is 407 g/mol. The Morgan fingerprint density at radius 3 is 2.80 bits per heavy atom. The van der Waals surface area contributed by atoms with Crippen LogP contribution in [-0.2, 0) is 9.59 Å². The molecule has 2 aromatic rings. The van der Waals surface area contributed by atoms with Crippen LogP contribution in [0.5, 0.6) is 11.5 Å². The minimum atomic E-state index is -0.164. The molecule has 0 aliphatic carbocycles. The molecule has 7 heteroatoms. The van der Waals surface area contributed by atoms with E-state index >= 15 is 0 Å². The third-order valence-electron chi connectivity index (χ3n) is 5.93. The van der Waals surface area contributed by atoms with E-state index in [0.29, 0.717) is 18.9 Å². The first-order valence-corrected chi connectivity index (χ1v) is 10.5. The van der Waals surface area contributed by atoms with E-state index in [1.54, 1.807) is 4.90 Å². The SMILES string of the molecule is O=C1CN(C(=O)CN2CCCC2c2ccc3c(c2)OCCCO3)c2ccccc2N1. The minimum Gasteiger partial charge on any atom is -0.490 e. The molecule has 1 fully saturated rings. The zero-order valence-electron chi connectivity index (χ0n) is 16.8. The number of hydrogen-bond acceptors (Lipinski definition) is 5.